The van der Waals surface area contributed by atoms with E-state index in [1.807, 2.05) is 13.8 Å². The first-order chi connectivity index (χ1) is 16.9. The number of carbonyl (C=O) groups excluding carboxylic acids is 2. The minimum absolute atomic E-state index is 0.0400. The van der Waals surface area contributed by atoms with E-state index in [1.165, 1.54) is 87.5 Å². The van der Waals surface area contributed by atoms with Gasteiger partial charge in [0.15, 0.2) is 5.13 Å². The molecule has 1 heterocycles. The van der Waals surface area contributed by atoms with Crippen LogP contribution in [0.15, 0.2) is 10.4 Å². The highest BCUT2D eigenvalue weighted by molar-refractivity contribution is 7.99. The third-order valence-electron chi connectivity index (χ3n) is 7.42. The number of nitrogens with one attached hydrogen (secondary N) is 2. The van der Waals surface area contributed by atoms with Crippen LogP contribution in [0.25, 0.3) is 0 Å². The summed E-state index contributed by atoms with van der Waals surface area (Å²) in [5.41, 5.74) is 0. The molecule has 0 saturated heterocycles. The predicted molar refractivity (Wildman–Crippen MR) is 150 cm³/mol. The van der Waals surface area contributed by atoms with E-state index >= 15 is 0 Å². The first-order valence-electron chi connectivity index (χ1n) is 13.9. The number of carbonyl (C=O) groups is 2. The quantitative estimate of drug-likeness (QED) is 0.301. The standard InChI is InChI=1S/C20H34N4O2S2.C7H14/c1-4-24(5-2)18(26)13-22-28-19-14-21-20(27-19)23-17(25)12-11-15(3)16-9-7-6-8-10-16;1-7-5-3-2-4-6-7/h14-16,22H,4-13H2,1-3H3,(H,21,23,25);7H,2-6H2,1H3. The summed E-state index contributed by atoms with van der Waals surface area (Å²) >= 11 is 2.81. The molecule has 1 aromatic rings. The highest BCUT2D eigenvalue weighted by atomic mass is 32.2. The molecule has 1 unspecified atom stereocenters. The van der Waals surface area contributed by atoms with Gasteiger partial charge in [-0.05, 0) is 50.0 Å². The van der Waals surface area contributed by atoms with E-state index in [0.717, 1.165) is 35.6 Å². The van der Waals surface area contributed by atoms with Crippen LogP contribution < -0.4 is 10.0 Å². The minimum Gasteiger partial charge on any atom is -0.342 e. The van der Waals surface area contributed by atoms with Gasteiger partial charge in [-0.3, -0.25) is 9.59 Å². The Labute approximate surface area is 221 Å². The van der Waals surface area contributed by atoms with E-state index in [4.69, 9.17) is 0 Å². The SMILES string of the molecule is CC1CCCCC1.CCN(CC)C(=O)CNSc1cnc(NC(=O)CCC(C)C2CCCCC2)s1. The molecule has 0 aromatic carbocycles. The summed E-state index contributed by atoms with van der Waals surface area (Å²) in [5, 5.41) is 3.53. The maximum Gasteiger partial charge on any atom is 0.237 e. The zero-order valence-electron chi connectivity index (χ0n) is 22.4. The summed E-state index contributed by atoms with van der Waals surface area (Å²) < 4.78 is 4.01. The molecule has 35 heavy (non-hydrogen) atoms. The van der Waals surface area contributed by atoms with Crippen molar-refractivity contribution in [3.63, 3.8) is 0 Å². The van der Waals surface area contributed by atoms with Crippen molar-refractivity contribution in [3.8, 4) is 0 Å². The number of nitrogens with zero attached hydrogens (tertiary/aromatic N) is 2. The van der Waals surface area contributed by atoms with Crippen LogP contribution in [0.1, 0.15) is 105 Å². The van der Waals surface area contributed by atoms with Crippen LogP contribution in [0.5, 0.6) is 0 Å². The molecule has 0 radical (unpaired) electrons. The van der Waals surface area contributed by atoms with Gasteiger partial charge in [0.25, 0.3) is 0 Å². The summed E-state index contributed by atoms with van der Waals surface area (Å²) in [6.07, 6.45) is 17.3. The third-order valence-corrected chi connectivity index (χ3v) is 9.22. The summed E-state index contributed by atoms with van der Waals surface area (Å²) in [4.78, 5) is 30.3. The van der Waals surface area contributed by atoms with Crippen LogP contribution in [0, 0.1) is 17.8 Å². The van der Waals surface area contributed by atoms with Crippen molar-refractivity contribution in [1.82, 2.24) is 14.6 Å². The van der Waals surface area contributed by atoms with Gasteiger partial charge in [0.2, 0.25) is 11.8 Å². The van der Waals surface area contributed by atoms with Gasteiger partial charge >= 0.3 is 0 Å². The predicted octanol–water partition coefficient (Wildman–Crippen LogP) is 7.13. The lowest BCUT2D eigenvalue weighted by molar-refractivity contribution is -0.129. The molecule has 2 N–H and O–H groups in total. The number of rotatable bonds is 11. The molecule has 0 spiro atoms. The summed E-state index contributed by atoms with van der Waals surface area (Å²) in [6.45, 7) is 10.3. The molecule has 0 aliphatic heterocycles. The lowest BCUT2D eigenvalue weighted by Crippen LogP contribution is -2.36. The Hall–Kier alpha value is -1.12. The van der Waals surface area contributed by atoms with Gasteiger partial charge in [-0.2, -0.15) is 0 Å². The number of thiazole rings is 1. The second-order valence-electron chi connectivity index (χ2n) is 10.2. The molecule has 2 amide bonds. The molecule has 2 fully saturated rings. The van der Waals surface area contributed by atoms with Crippen molar-refractivity contribution in [1.29, 1.82) is 0 Å². The zero-order valence-corrected chi connectivity index (χ0v) is 24.1. The Morgan fingerprint density at radius 3 is 2.29 bits per heavy atom. The molecular weight excluding hydrogens is 476 g/mol. The number of anilines is 1. The van der Waals surface area contributed by atoms with Crippen molar-refractivity contribution < 1.29 is 9.59 Å². The molecule has 2 saturated carbocycles. The lowest BCUT2D eigenvalue weighted by atomic mass is 9.79. The molecule has 1 aromatic heterocycles. The zero-order chi connectivity index (χ0) is 25.5. The van der Waals surface area contributed by atoms with Crippen LogP contribution in [-0.4, -0.2) is 41.3 Å². The van der Waals surface area contributed by atoms with E-state index in [1.54, 1.807) is 11.1 Å². The van der Waals surface area contributed by atoms with Crippen molar-refractivity contribution in [2.45, 2.75) is 109 Å². The Morgan fingerprint density at radius 1 is 1.09 bits per heavy atom. The Morgan fingerprint density at radius 2 is 1.71 bits per heavy atom. The topological polar surface area (TPSA) is 74.3 Å². The third kappa shape index (κ3) is 12.1. The van der Waals surface area contributed by atoms with Crippen molar-refractivity contribution in [3.05, 3.63) is 6.20 Å². The Balaban J connectivity index is 0.000000527. The average molecular weight is 525 g/mol. The van der Waals surface area contributed by atoms with Gasteiger partial charge in [-0.15, -0.1) is 0 Å². The molecule has 2 aliphatic carbocycles. The van der Waals surface area contributed by atoms with Gasteiger partial charge in [0.1, 0.15) is 0 Å². The smallest absolute Gasteiger partial charge is 0.237 e. The largest absolute Gasteiger partial charge is 0.342 e. The number of hydrogen-bond acceptors (Lipinski definition) is 6. The fourth-order valence-electron chi connectivity index (χ4n) is 5.01. The molecule has 200 valence electrons. The molecular formula is C27H48N4O2S2. The van der Waals surface area contributed by atoms with Crippen LogP contribution in [0.4, 0.5) is 5.13 Å². The molecule has 1 atom stereocenters. The van der Waals surface area contributed by atoms with Crippen LogP contribution in [0.3, 0.4) is 0 Å². The maximum absolute atomic E-state index is 12.2. The van der Waals surface area contributed by atoms with E-state index in [-0.39, 0.29) is 18.4 Å². The number of likely N-dealkylation sites (N-methyl/N-ethyl adjacent to an activating group) is 1. The normalized spacial score (nSPS) is 17.8. The summed E-state index contributed by atoms with van der Waals surface area (Å²) in [5.74, 6) is 2.56. The van der Waals surface area contributed by atoms with Crippen molar-refractivity contribution >= 4 is 40.2 Å². The second kappa shape index (κ2) is 17.4. The van der Waals surface area contributed by atoms with Gasteiger partial charge in [-0.1, -0.05) is 89.4 Å². The fraction of sp³-hybridized carbons (Fsp3) is 0.815. The second-order valence-corrected chi connectivity index (χ2v) is 12.4. The maximum atomic E-state index is 12.2. The highest BCUT2D eigenvalue weighted by Gasteiger charge is 2.21. The molecule has 2 aliphatic rings. The number of amides is 2. The van der Waals surface area contributed by atoms with Crippen LogP contribution in [-0.2, 0) is 9.59 Å². The molecule has 8 heteroatoms. The molecule has 0 bridgehead atoms. The molecule has 3 rings (SSSR count). The summed E-state index contributed by atoms with van der Waals surface area (Å²) in [7, 11) is 0. The average Bonchev–Trinajstić information content (AvgIpc) is 3.31. The number of hydrogen-bond donors (Lipinski definition) is 2. The van der Waals surface area contributed by atoms with Gasteiger partial charge in [0, 0.05) is 19.5 Å². The summed E-state index contributed by atoms with van der Waals surface area (Å²) in [6, 6.07) is 0. The fourth-order valence-corrected chi connectivity index (χ4v) is 6.60. The van der Waals surface area contributed by atoms with Crippen LogP contribution in [0.2, 0.25) is 0 Å². The van der Waals surface area contributed by atoms with Crippen LogP contribution >= 0.6 is 23.3 Å². The van der Waals surface area contributed by atoms with Gasteiger partial charge in [-0.25, -0.2) is 9.71 Å². The minimum atomic E-state index is 0.0400. The first kappa shape index (κ1) is 30.1. The number of aromatic nitrogens is 1. The first-order valence-corrected chi connectivity index (χ1v) is 15.5. The van der Waals surface area contributed by atoms with Crippen molar-refractivity contribution in [2.24, 2.45) is 17.8 Å². The Kier molecular flexibility index (Phi) is 14.9. The molecule has 6 nitrogen and oxygen atoms in total. The van der Waals surface area contributed by atoms with Gasteiger partial charge in [0.05, 0.1) is 17.0 Å². The van der Waals surface area contributed by atoms with E-state index < -0.39 is 0 Å². The van der Waals surface area contributed by atoms with E-state index in [2.05, 4.69) is 28.9 Å². The lowest BCUT2D eigenvalue weighted by Gasteiger charge is -2.27. The van der Waals surface area contributed by atoms with Crippen molar-refractivity contribution in [2.75, 3.05) is 25.0 Å². The monoisotopic (exact) mass is 524 g/mol. The highest BCUT2D eigenvalue weighted by Crippen LogP contribution is 2.32. The van der Waals surface area contributed by atoms with E-state index in [0.29, 0.717) is 17.5 Å². The van der Waals surface area contributed by atoms with E-state index in [9.17, 15) is 9.59 Å². The van der Waals surface area contributed by atoms with Gasteiger partial charge < -0.3 is 10.2 Å². The Bertz CT molecular complexity index is 727.